The lowest BCUT2D eigenvalue weighted by Crippen LogP contribution is -2.43. The van der Waals surface area contributed by atoms with Gasteiger partial charge in [-0.15, -0.1) is 0 Å². The number of ether oxygens (including phenoxy) is 1. The molecule has 4 nitrogen and oxygen atoms in total. The van der Waals surface area contributed by atoms with Crippen LogP contribution in [0.2, 0.25) is 0 Å². The molecule has 0 unspecified atom stereocenters. The van der Waals surface area contributed by atoms with E-state index in [4.69, 9.17) is 10.5 Å². The van der Waals surface area contributed by atoms with E-state index in [1.165, 1.54) is 12.1 Å². The average Bonchev–Trinajstić information content (AvgIpc) is 2.27. The Morgan fingerprint density at radius 1 is 1.50 bits per heavy atom. The molecule has 0 aliphatic carbocycles. The highest BCUT2D eigenvalue weighted by Crippen LogP contribution is 2.22. The van der Waals surface area contributed by atoms with Crippen LogP contribution in [0.3, 0.4) is 0 Å². The van der Waals surface area contributed by atoms with Gasteiger partial charge in [0, 0.05) is 31.3 Å². The number of nitrogen functional groups attached to an aromatic ring is 1. The molecular weight excluding hydrogens is 235 g/mol. The lowest BCUT2D eigenvalue weighted by atomic mass is 10.1. The Balaban J connectivity index is 2.02. The lowest BCUT2D eigenvalue weighted by Gasteiger charge is -2.32. The van der Waals surface area contributed by atoms with E-state index in [1.807, 2.05) is 0 Å². The normalized spacial score (nSPS) is 19.7. The van der Waals surface area contributed by atoms with Gasteiger partial charge in [0.05, 0.1) is 6.54 Å². The van der Waals surface area contributed by atoms with Crippen LogP contribution in [0.15, 0.2) is 18.2 Å². The SMILES string of the molecule is CC(=O)N1CCC[C@@H](Oc2cc(N)cc(F)c2)C1. The van der Waals surface area contributed by atoms with Crippen LogP contribution in [0.4, 0.5) is 10.1 Å². The maximum Gasteiger partial charge on any atom is 0.219 e. The van der Waals surface area contributed by atoms with Crippen LogP contribution < -0.4 is 10.5 Å². The fraction of sp³-hybridized carbons (Fsp3) is 0.462. The van der Waals surface area contributed by atoms with Gasteiger partial charge in [-0.25, -0.2) is 4.39 Å². The van der Waals surface area contributed by atoms with Crippen molar-refractivity contribution in [2.45, 2.75) is 25.9 Å². The van der Waals surface area contributed by atoms with Crippen molar-refractivity contribution in [2.75, 3.05) is 18.8 Å². The molecule has 0 saturated carbocycles. The lowest BCUT2D eigenvalue weighted by molar-refractivity contribution is -0.131. The zero-order valence-electron chi connectivity index (χ0n) is 10.4. The molecule has 1 saturated heterocycles. The van der Waals surface area contributed by atoms with Crippen molar-refractivity contribution in [1.29, 1.82) is 0 Å². The van der Waals surface area contributed by atoms with Crippen LogP contribution in [-0.2, 0) is 4.79 Å². The molecule has 98 valence electrons. The molecule has 1 aliphatic rings. The summed E-state index contributed by atoms with van der Waals surface area (Å²) < 4.78 is 18.8. The largest absolute Gasteiger partial charge is 0.488 e. The number of hydrogen-bond donors (Lipinski definition) is 1. The first kappa shape index (κ1) is 12.7. The van der Waals surface area contributed by atoms with Gasteiger partial charge in [0.2, 0.25) is 5.91 Å². The zero-order valence-corrected chi connectivity index (χ0v) is 10.4. The summed E-state index contributed by atoms with van der Waals surface area (Å²) >= 11 is 0. The highest BCUT2D eigenvalue weighted by atomic mass is 19.1. The van der Waals surface area contributed by atoms with Gasteiger partial charge in [-0.1, -0.05) is 0 Å². The van der Waals surface area contributed by atoms with Gasteiger partial charge >= 0.3 is 0 Å². The van der Waals surface area contributed by atoms with Gasteiger partial charge in [-0.05, 0) is 18.9 Å². The molecular formula is C13H17FN2O2. The summed E-state index contributed by atoms with van der Waals surface area (Å²) in [4.78, 5) is 13.0. The maximum absolute atomic E-state index is 13.2. The van der Waals surface area contributed by atoms with E-state index in [1.54, 1.807) is 17.9 Å². The van der Waals surface area contributed by atoms with Crippen LogP contribution in [-0.4, -0.2) is 30.0 Å². The van der Waals surface area contributed by atoms with E-state index in [2.05, 4.69) is 0 Å². The molecule has 1 amide bonds. The molecule has 1 aromatic rings. The van der Waals surface area contributed by atoms with Crippen molar-refractivity contribution in [1.82, 2.24) is 4.90 Å². The monoisotopic (exact) mass is 252 g/mol. The van der Waals surface area contributed by atoms with Gasteiger partial charge < -0.3 is 15.4 Å². The number of likely N-dealkylation sites (tertiary alicyclic amines) is 1. The minimum Gasteiger partial charge on any atom is -0.488 e. The second-order valence-corrected chi connectivity index (χ2v) is 4.57. The number of amides is 1. The van der Waals surface area contributed by atoms with Crippen molar-refractivity contribution >= 4 is 11.6 Å². The van der Waals surface area contributed by atoms with Crippen LogP contribution in [0, 0.1) is 5.82 Å². The fourth-order valence-electron chi connectivity index (χ4n) is 2.17. The third-order valence-corrected chi connectivity index (χ3v) is 3.02. The van der Waals surface area contributed by atoms with Crippen molar-refractivity contribution in [3.63, 3.8) is 0 Å². The number of carbonyl (C=O) groups is 1. The maximum atomic E-state index is 13.2. The molecule has 0 radical (unpaired) electrons. The van der Waals surface area contributed by atoms with Gasteiger partial charge in [-0.3, -0.25) is 4.79 Å². The third-order valence-electron chi connectivity index (χ3n) is 3.02. The molecule has 5 heteroatoms. The number of carbonyl (C=O) groups excluding carboxylic acids is 1. The fourth-order valence-corrected chi connectivity index (χ4v) is 2.17. The van der Waals surface area contributed by atoms with Gasteiger partial charge in [0.25, 0.3) is 0 Å². The predicted octanol–water partition coefficient (Wildman–Crippen LogP) is 1.80. The molecule has 1 atom stereocenters. The smallest absolute Gasteiger partial charge is 0.219 e. The van der Waals surface area contributed by atoms with Gasteiger partial charge in [-0.2, -0.15) is 0 Å². The van der Waals surface area contributed by atoms with E-state index >= 15 is 0 Å². The number of anilines is 1. The predicted molar refractivity (Wildman–Crippen MR) is 66.7 cm³/mol. The number of piperidine rings is 1. The van der Waals surface area contributed by atoms with Gasteiger partial charge in [0.15, 0.2) is 0 Å². The number of rotatable bonds is 2. The second-order valence-electron chi connectivity index (χ2n) is 4.57. The molecule has 1 aliphatic heterocycles. The van der Waals surface area contributed by atoms with Crippen molar-refractivity contribution in [3.05, 3.63) is 24.0 Å². The standard InChI is InChI=1S/C13H17FN2O2/c1-9(17)16-4-2-3-12(8-16)18-13-6-10(14)5-11(15)7-13/h5-7,12H,2-4,8,15H2,1H3/t12-/m1/s1. The van der Waals surface area contributed by atoms with E-state index in [0.29, 0.717) is 18.0 Å². The average molecular weight is 252 g/mol. The number of nitrogens with zero attached hydrogens (tertiary/aromatic N) is 1. The quantitative estimate of drug-likeness (QED) is 0.816. The topological polar surface area (TPSA) is 55.6 Å². The molecule has 1 fully saturated rings. The third kappa shape index (κ3) is 3.12. The second kappa shape index (κ2) is 5.25. The van der Waals surface area contributed by atoms with E-state index in [9.17, 15) is 9.18 Å². The zero-order chi connectivity index (χ0) is 13.1. The van der Waals surface area contributed by atoms with E-state index < -0.39 is 5.82 Å². The van der Waals surface area contributed by atoms with E-state index in [0.717, 1.165) is 19.4 Å². The molecule has 1 heterocycles. The summed E-state index contributed by atoms with van der Waals surface area (Å²) in [6, 6.07) is 4.15. The molecule has 0 spiro atoms. The van der Waals surface area contributed by atoms with Gasteiger partial charge in [0.1, 0.15) is 17.7 Å². The minimum atomic E-state index is -0.413. The molecule has 2 rings (SSSR count). The van der Waals surface area contributed by atoms with Crippen LogP contribution >= 0.6 is 0 Å². The summed E-state index contributed by atoms with van der Waals surface area (Å²) in [5.74, 6) is 0.0502. The number of halogens is 1. The molecule has 0 aromatic heterocycles. The summed E-state index contributed by atoms with van der Waals surface area (Å²) in [6.45, 7) is 2.86. The Morgan fingerprint density at radius 3 is 2.94 bits per heavy atom. The van der Waals surface area contributed by atoms with Crippen molar-refractivity contribution < 1.29 is 13.9 Å². The highest BCUT2D eigenvalue weighted by molar-refractivity contribution is 5.73. The highest BCUT2D eigenvalue weighted by Gasteiger charge is 2.22. The summed E-state index contributed by atoms with van der Waals surface area (Å²) in [5, 5.41) is 0. The van der Waals surface area contributed by atoms with Crippen molar-refractivity contribution in [2.24, 2.45) is 0 Å². The first-order valence-corrected chi connectivity index (χ1v) is 6.03. The van der Waals surface area contributed by atoms with Crippen LogP contribution in [0.1, 0.15) is 19.8 Å². The Labute approximate surface area is 106 Å². The molecule has 2 N–H and O–H groups in total. The first-order chi connectivity index (χ1) is 8.54. The Bertz CT molecular complexity index is 430. The van der Waals surface area contributed by atoms with E-state index in [-0.39, 0.29) is 12.0 Å². The first-order valence-electron chi connectivity index (χ1n) is 6.03. The number of benzene rings is 1. The molecule has 18 heavy (non-hydrogen) atoms. The van der Waals surface area contributed by atoms with Crippen LogP contribution in [0.5, 0.6) is 5.75 Å². The molecule has 0 bridgehead atoms. The Hall–Kier alpha value is -1.78. The van der Waals surface area contributed by atoms with Crippen LogP contribution in [0.25, 0.3) is 0 Å². The number of hydrogen-bond acceptors (Lipinski definition) is 3. The summed E-state index contributed by atoms with van der Waals surface area (Å²) in [6.07, 6.45) is 1.67. The van der Waals surface area contributed by atoms with Crippen molar-refractivity contribution in [3.8, 4) is 5.75 Å². The minimum absolute atomic E-state index is 0.0436. The molecule has 1 aromatic carbocycles. The Morgan fingerprint density at radius 2 is 2.28 bits per heavy atom. The summed E-state index contributed by atoms with van der Waals surface area (Å²) in [7, 11) is 0. The summed E-state index contributed by atoms with van der Waals surface area (Å²) in [5.41, 5.74) is 5.89. The number of nitrogens with two attached hydrogens (primary N) is 1. The Kier molecular flexibility index (Phi) is 3.69.